The van der Waals surface area contributed by atoms with Crippen molar-refractivity contribution in [3.63, 3.8) is 0 Å². The molecule has 1 aliphatic carbocycles. The van der Waals surface area contributed by atoms with E-state index in [0.717, 1.165) is 5.57 Å². The summed E-state index contributed by atoms with van der Waals surface area (Å²) >= 11 is 0. The molecule has 0 aromatic rings. The molecule has 6 nitrogen and oxygen atoms in total. The van der Waals surface area contributed by atoms with Gasteiger partial charge in [0.25, 0.3) is 6.29 Å². The second-order valence-corrected chi connectivity index (χ2v) is 4.35. The molecule has 0 saturated carbocycles. The lowest BCUT2D eigenvalue weighted by Crippen LogP contribution is -2.39. The van der Waals surface area contributed by atoms with Gasteiger partial charge in [0.1, 0.15) is 0 Å². The van der Waals surface area contributed by atoms with Crippen LogP contribution in [0, 0.1) is 11.8 Å². The van der Waals surface area contributed by atoms with Crippen LogP contribution in [0.3, 0.4) is 0 Å². The molecule has 0 spiro atoms. The number of alkyl carbamates (subject to hydrolysis) is 1. The van der Waals surface area contributed by atoms with E-state index in [1.807, 2.05) is 13.0 Å². The fourth-order valence-corrected chi connectivity index (χ4v) is 2.42. The zero-order valence-electron chi connectivity index (χ0n) is 10.2. The summed E-state index contributed by atoms with van der Waals surface area (Å²) < 4.78 is 10.3. The minimum atomic E-state index is -0.994. The number of hydrogen-bond donors (Lipinski definition) is 2. The molecule has 3 unspecified atom stereocenters. The zero-order chi connectivity index (χ0) is 13.3. The number of nitrogens with one attached hydrogen (secondary N) is 1. The number of carbonyl (C=O) groups is 2. The van der Waals surface area contributed by atoms with Gasteiger partial charge < -0.3 is 19.9 Å². The van der Waals surface area contributed by atoms with Crippen LogP contribution >= 0.6 is 0 Å². The van der Waals surface area contributed by atoms with Crippen molar-refractivity contribution in [3.8, 4) is 0 Å². The lowest BCUT2D eigenvalue weighted by Gasteiger charge is -2.33. The number of aliphatic carboxylic acids is 1. The van der Waals surface area contributed by atoms with Crippen molar-refractivity contribution in [3.05, 3.63) is 23.5 Å². The van der Waals surface area contributed by atoms with Gasteiger partial charge in [0.2, 0.25) is 0 Å². The number of ether oxygens (including phenoxy) is 2. The first kappa shape index (κ1) is 12.5. The average molecular weight is 253 g/mol. The van der Waals surface area contributed by atoms with E-state index in [0.29, 0.717) is 6.42 Å². The van der Waals surface area contributed by atoms with Gasteiger partial charge in [0, 0.05) is 13.0 Å². The summed E-state index contributed by atoms with van der Waals surface area (Å²) in [5, 5.41) is 11.4. The summed E-state index contributed by atoms with van der Waals surface area (Å²) in [4.78, 5) is 22.3. The average Bonchev–Trinajstić information content (AvgIpc) is 2.72. The minimum absolute atomic E-state index is 0.189. The molecule has 3 atom stereocenters. The topological polar surface area (TPSA) is 84.9 Å². The molecule has 0 aromatic carbocycles. The Morgan fingerprint density at radius 2 is 2.28 bits per heavy atom. The monoisotopic (exact) mass is 253 g/mol. The predicted octanol–water partition coefficient (Wildman–Crippen LogP) is 1.25. The molecule has 0 bridgehead atoms. The molecule has 98 valence electrons. The first-order valence-electron chi connectivity index (χ1n) is 5.68. The van der Waals surface area contributed by atoms with Gasteiger partial charge in [0.15, 0.2) is 0 Å². The Bertz CT molecular complexity index is 440. The number of carboxylic acid groups (broad SMARTS) is 1. The van der Waals surface area contributed by atoms with Crippen LogP contribution in [0.2, 0.25) is 0 Å². The summed E-state index contributed by atoms with van der Waals surface area (Å²) in [7, 11) is 1.46. The van der Waals surface area contributed by atoms with Gasteiger partial charge >= 0.3 is 12.1 Å². The summed E-state index contributed by atoms with van der Waals surface area (Å²) in [6.45, 7) is 1.89. The summed E-state index contributed by atoms with van der Waals surface area (Å²) in [5.74, 6) is -1.41. The molecular weight excluding hydrogens is 238 g/mol. The summed E-state index contributed by atoms with van der Waals surface area (Å²) in [6, 6.07) is 0. The Hall–Kier alpha value is -1.98. The van der Waals surface area contributed by atoms with Crippen LogP contribution in [0.1, 0.15) is 13.3 Å². The van der Waals surface area contributed by atoms with E-state index in [1.54, 1.807) is 0 Å². The number of allylic oxidation sites excluding steroid dienone is 1. The Morgan fingerprint density at radius 1 is 1.56 bits per heavy atom. The van der Waals surface area contributed by atoms with Crippen LogP contribution in [-0.4, -0.2) is 30.5 Å². The molecule has 0 saturated heterocycles. The molecule has 6 heteroatoms. The maximum Gasteiger partial charge on any atom is 0.409 e. The van der Waals surface area contributed by atoms with Crippen molar-refractivity contribution in [1.82, 2.24) is 5.32 Å². The maximum atomic E-state index is 11.2. The Kier molecular flexibility index (Phi) is 3.27. The second kappa shape index (κ2) is 4.72. The van der Waals surface area contributed by atoms with Crippen molar-refractivity contribution in [2.24, 2.45) is 11.8 Å². The van der Waals surface area contributed by atoms with Gasteiger partial charge in [-0.05, 0) is 13.3 Å². The zero-order valence-corrected chi connectivity index (χ0v) is 10.2. The number of amides is 1. The molecule has 0 radical (unpaired) electrons. The lowest BCUT2D eigenvalue weighted by atomic mass is 9.84. The Labute approximate surface area is 104 Å². The molecule has 2 aliphatic rings. The smallest absolute Gasteiger partial charge is 0.409 e. The van der Waals surface area contributed by atoms with E-state index in [1.165, 1.54) is 13.3 Å². The highest BCUT2D eigenvalue weighted by Gasteiger charge is 2.44. The van der Waals surface area contributed by atoms with Gasteiger partial charge in [-0.2, -0.15) is 0 Å². The standard InChI is InChI=1S/C12H15NO5/c1-6-3-4-7-8(10(14)15)5-17-11(9(6)7)18-12(16)13-2/h3,5,7,9,11H,4H2,1-2H3,(H,13,16)(H,14,15). The van der Waals surface area contributed by atoms with E-state index < -0.39 is 18.4 Å². The molecular formula is C12H15NO5. The third kappa shape index (κ3) is 2.05. The number of hydrogen-bond acceptors (Lipinski definition) is 4. The van der Waals surface area contributed by atoms with E-state index in [-0.39, 0.29) is 17.4 Å². The highest BCUT2D eigenvalue weighted by atomic mass is 16.7. The SMILES string of the molecule is CNC(=O)OC1OC=C(C(=O)O)C2CC=C(C)C12. The normalized spacial score (nSPS) is 29.6. The van der Waals surface area contributed by atoms with E-state index in [2.05, 4.69) is 5.32 Å². The van der Waals surface area contributed by atoms with Gasteiger partial charge in [-0.15, -0.1) is 0 Å². The van der Waals surface area contributed by atoms with Gasteiger partial charge in [-0.1, -0.05) is 11.6 Å². The molecule has 1 amide bonds. The highest BCUT2D eigenvalue weighted by Crippen LogP contribution is 2.43. The van der Waals surface area contributed by atoms with Crippen molar-refractivity contribution in [2.75, 3.05) is 7.05 Å². The highest BCUT2D eigenvalue weighted by molar-refractivity contribution is 5.87. The van der Waals surface area contributed by atoms with E-state index in [4.69, 9.17) is 14.6 Å². The van der Waals surface area contributed by atoms with Gasteiger partial charge in [0.05, 0.1) is 17.8 Å². The van der Waals surface area contributed by atoms with E-state index >= 15 is 0 Å². The number of rotatable bonds is 2. The van der Waals surface area contributed by atoms with Crippen molar-refractivity contribution in [1.29, 1.82) is 0 Å². The summed E-state index contributed by atoms with van der Waals surface area (Å²) in [5.41, 5.74) is 1.21. The second-order valence-electron chi connectivity index (χ2n) is 4.35. The van der Waals surface area contributed by atoms with E-state index in [9.17, 15) is 9.59 Å². The molecule has 1 aliphatic heterocycles. The maximum absolute atomic E-state index is 11.2. The van der Waals surface area contributed by atoms with Crippen LogP contribution in [0.25, 0.3) is 0 Å². The third-order valence-corrected chi connectivity index (χ3v) is 3.35. The van der Waals surface area contributed by atoms with Gasteiger partial charge in [-0.3, -0.25) is 0 Å². The fourth-order valence-electron chi connectivity index (χ4n) is 2.42. The number of carboxylic acids is 1. The van der Waals surface area contributed by atoms with Crippen molar-refractivity contribution >= 4 is 12.1 Å². The van der Waals surface area contributed by atoms with Crippen molar-refractivity contribution in [2.45, 2.75) is 19.6 Å². The molecule has 18 heavy (non-hydrogen) atoms. The van der Waals surface area contributed by atoms with Crippen LogP contribution in [0.15, 0.2) is 23.5 Å². The van der Waals surface area contributed by atoms with Crippen LogP contribution in [0.4, 0.5) is 4.79 Å². The molecule has 0 aromatic heterocycles. The molecule has 1 heterocycles. The number of fused-ring (bicyclic) bond motifs is 1. The summed E-state index contributed by atoms with van der Waals surface area (Å²) in [6.07, 6.45) is 2.42. The Balaban J connectivity index is 2.22. The molecule has 2 rings (SSSR count). The van der Waals surface area contributed by atoms with Crippen LogP contribution < -0.4 is 5.32 Å². The van der Waals surface area contributed by atoms with Crippen LogP contribution in [-0.2, 0) is 14.3 Å². The van der Waals surface area contributed by atoms with Crippen molar-refractivity contribution < 1.29 is 24.2 Å². The number of carbonyl (C=O) groups excluding carboxylic acids is 1. The minimum Gasteiger partial charge on any atom is -0.478 e. The van der Waals surface area contributed by atoms with Crippen LogP contribution in [0.5, 0.6) is 0 Å². The largest absolute Gasteiger partial charge is 0.478 e. The molecule has 2 N–H and O–H groups in total. The van der Waals surface area contributed by atoms with Gasteiger partial charge in [-0.25, -0.2) is 9.59 Å². The third-order valence-electron chi connectivity index (χ3n) is 3.35. The predicted molar refractivity (Wildman–Crippen MR) is 61.5 cm³/mol. The first-order valence-corrected chi connectivity index (χ1v) is 5.68. The quantitative estimate of drug-likeness (QED) is 0.723. The first-order chi connectivity index (χ1) is 8.54. The fraction of sp³-hybridized carbons (Fsp3) is 0.500. The molecule has 0 fully saturated rings. The Morgan fingerprint density at radius 3 is 2.89 bits per heavy atom. The lowest BCUT2D eigenvalue weighted by molar-refractivity contribution is -0.138.